The molecule has 9 heteroatoms. The molecule has 0 radical (unpaired) electrons. The molecule has 0 fully saturated rings. The molecular formula is C25H26N4O5. The number of aryl methyl sites for hydroxylation is 1. The molecule has 176 valence electrons. The largest absolute Gasteiger partial charge is 0.480 e. The minimum atomic E-state index is -1.53. The van der Waals surface area contributed by atoms with E-state index >= 15 is 0 Å². The summed E-state index contributed by atoms with van der Waals surface area (Å²) >= 11 is 0. The summed E-state index contributed by atoms with van der Waals surface area (Å²) < 4.78 is 6.99. The van der Waals surface area contributed by atoms with Crippen LogP contribution in [-0.2, 0) is 21.4 Å². The highest BCUT2D eigenvalue weighted by molar-refractivity contribution is 5.91. The Morgan fingerprint density at radius 3 is 2.18 bits per heavy atom. The van der Waals surface area contributed by atoms with E-state index in [4.69, 9.17) is 4.74 Å². The number of nitrogens with zero attached hydrogens (tertiary/aromatic N) is 2. The predicted octanol–water partition coefficient (Wildman–Crippen LogP) is 2.98. The average molecular weight is 463 g/mol. The fraction of sp³-hybridized carbons (Fsp3) is 0.280. The first-order valence-electron chi connectivity index (χ1n) is 10.8. The van der Waals surface area contributed by atoms with Gasteiger partial charge in [-0.2, -0.15) is 5.10 Å². The van der Waals surface area contributed by atoms with Gasteiger partial charge in [0.1, 0.15) is 12.1 Å². The summed E-state index contributed by atoms with van der Waals surface area (Å²) in [5, 5.41) is 18.4. The van der Waals surface area contributed by atoms with Gasteiger partial charge in [0.2, 0.25) is 5.91 Å². The van der Waals surface area contributed by atoms with Crippen molar-refractivity contribution in [3.63, 3.8) is 0 Å². The second-order valence-electron chi connectivity index (χ2n) is 8.70. The number of hydrogen-bond donors (Lipinski definition) is 3. The smallest absolute Gasteiger partial charge is 0.408 e. The van der Waals surface area contributed by atoms with Crippen molar-refractivity contribution in [2.24, 2.45) is 7.05 Å². The van der Waals surface area contributed by atoms with Crippen molar-refractivity contribution in [1.82, 2.24) is 20.4 Å². The van der Waals surface area contributed by atoms with E-state index in [0.29, 0.717) is 5.69 Å². The Bertz CT molecular complexity index is 1200. The fourth-order valence-corrected chi connectivity index (χ4v) is 4.13. The molecule has 0 bridgehead atoms. The third kappa shape index (κ3) is 4.36. The molecule has 9 nitrogen and oxygen atoms in total. The van der Waals surface area contributed by atoms with E-state index in [1.165, 1.54) is 24.7 Å². The maximum absolute atomic E-state index is 13.0. The maximum Gasteiger partial charge on any atom is 0.408 e. The van der Waals surface area contributed by atoms with Crippen LogP contribution in [0, 0.1) is 0 Å². The molecule has 1 heterocycles. The van der Waals surface area contributed by atoms with Crippen molar-refractivity contribution in [2.45, 2.75) is 31.3 Å². The zero-order valence-electron chi connectivity index (χ0n) is 19.1. The molecule has 4 rings (SSSR count). The van der Waals surface area contributed by atoms with Crippen LogP contribution in [0.2, 0.25) is 0 Å². The van der Waals surface area contributed by atoms with Crippen LogP contribution in [0.3, 0.4) is 0 Å². The normalized spacial score (nSPS) is 13.5. The lowest BCUT2D eigenvalue weighted by Gasteiger charge is -2.25. The summed E-state index contributed by atoms with van der Waals surface area (Å²) in [5.41, 5.74) is 3.20. The van der Waals surface area contributed by atoms with Crippen molar-refractivity contribution in [3.8, 4) is 11.1 Å². The molecular weight excluding hydrogens is 436 g/mol. The van der Waals surface area contributed by atoms with Gasteiger partial charge in [-0.3, -0.25) is 9.48 Å². The summed E-state index contributed by atoms with van der Waals surface area (Å²) in [5.74, 6) is -2.02. The first kappa shape index (κ1) is 23.0. The molecule has 1 unspecified atom stereocenters. The molecule has 1 aliphatic rings. The van der Waals surface area contributed by atoms with Gasteiger partial charge >= 0.3 is 12.1 Å². The number of ether oxygens (including phenoxy) is 1. The van der Waals surface area contributed by atoms with E-state index < -0.39 is 29.6 Å². The Kier molecular flexibility index (Phi) is 6.10. The van der Waals surface area contributed by atoms with Gasteiger partial charge < -0.3 is 20.5 Å². The summed E-state index contributed by atoms with van der Waals surface area (Å²) in [6, 6.07) is 16.3. The highest BCUT2D eigenvalue weighted by Crippen LogP contribution is 2.44. The first-order chi connectivity index (χ1) is 16.2. The number of carboxylic acid groups (broad SMARTS) is 1. The molecule has 0 aliphatic heterocycles. The minimum Gasteiger partial charge on any atom is -0.480 e. The SMILES string of the molecule is Cn1nccc1C(NC(=O)OCC1c2ccccc2-c2ccccc21)C(=O)NC(C)(C)C(=O)O. The van der Waals surface area contributed by atoms with Gasteiger partial charge in [-0.15, -0.1) is 0 Å². The van der Waals surface area contributed by atoms with E-state index in [2.05, 4.69) is 15.7 Å². The fourth-order valence-electron chi connectivity index (χ4n) is 4.13. The Balaban J connectivity index is 1.50. The monoisotopic (exact) mass is 462 g/mol. The molecule has 0 spiro atoms. The number of carbonyl (C=O) groups is 3. The number of carbonyl (C=O) groups excluding carboxylic acids is 2. The van der Waals surface area contributed by atoms with E-state index in [0.717, 1.165) is 22.3 Å². The molecule has 34 heavy (non-hydrogen) atoms. The first-order valence-corrected chi connectivity index (χ1v) is 10.8. The number of fused-ring (bicyclic) bond motifs is 3. The highest BCUT2D eigenvalue weighted by Gasteiger charge is 2.35. The lowest BCUT2D eigenvalue weighted by molar-refractivity contribution is -0.146. The summed E-state index contributed by atoms with van der Waals surface area (Å²) in [4.78, 5) is 37.2. The number of aromatic nitrogens is 2. The second-order valence-corrected chi connectivity index (χ2v) is 8.70. The summed E-state index contributed by atoms with van der Waals surface area (Å²) in [6.45, 7) is 2.81. The third-order valence-corrected chi connectivity index (χ3v) is 5.99. The van der Waals surface area contributed by atoms with Crippen LogP contribution < -0.4 is 10.6 Å². The molecule has 1 aromatic heterocycles. The number of hydrogen-bond acceptors (Lipinski definition) is 5. The van der Waals surface area contributed by atoms with Crippen LogP contribution in [0.4, 0.5) is 4.79 Å². The number of nitrogens with one attached hydrogen (secondary N) is 2. The highest BCUT2D eigenvalue weighted by atomic mass is 16.5. The predicted molar refractivity (Wildman–Crippen MR) is 124 cm³/mol. The topological polar surface area (TPSA) is 123 Å². The maximum atomic E-state index is 13.0. The number of rotatable bonds is 7. The van der Waals surface area contributed by atoms with E-state index in [1.807, 2.05) is 48.5 Å². The van der Waals surface area contributed by atoms with Gasteiger partial charge in [-0.25, -0.2) is 9.59 Å². The van der Waals surface area contributed by atoms with Crippen LogP contribution >= 0.6 is 0 Å². The molecule has 3 aromatic rings. The van der Waals surface area contributed by atoms with Crippen molar-refractivity contribution >= 4 is 18.0 Å². The van der Waals surface area contributed by atoms with Gasteiger partial charge in [-0.1, -0.05) is 48.5 Å². The van der Waals surface area contributed by atoms with Crippen LogP contribution in [0.5, 0.6) is 0 Å². The number of amides is 2. The molecule has 2 aromatic carbocycles. The van der Waals surface area contributed by atoms with Gasteiger partial charge in [0.15, 0.2) is 6.04 Å². The van der Waals surface area contributed by atoms with Crippen molar-refractivity contribution in [3.05, 3.63) is 77.6 Å². The van der Waals surface area contributed by atoms with Gasteiger partial charge in [0.05, 0.1) is 5.69 Å². The van der Waals surface area contributed by atoms with Crippen molar-refractivity contribution in [1.29, 1.82) is 0 Å². The molecule has 1 atom stereocenters. The van der Waals surface area contributed by atoms with Crippen LogP contribution in [0.25, 0.3) is 11.1 Å². The second kappa shape index (κ2) is 9.01. The Morgan fingerprint density at radius 2 is 1.65 bits per heavy atom. The Labute approximate surface area is 196 Å². The van der Waals surface area contributed by atoms with Crippen LogP contribution in [0.1, 0.15) is 42.6 Å². The van der Waals surface area contributed by atoms with Gasteiger partial charge in [0, 0.05) is 19.2 Å². The lowest BCUT2D eigenvalue weighted by Crippen LogP contribution is -2.53. The summed E-state index contributed by atoms with van der Waals surface area (Å²) in [6.07, 6.45) is 0.688. The van der Waals surface area contributed by atoms with Gasteiger partial charge in [0.25, 0.3) is 0 Å². The number of alkyl carbamates (subject to hydrolysis) is 1. The Morgan fingerprint density at radius 1 is 1.06 bits per heavy atom. The van der Waals surface area contributed by atoms with E-state index in [1.54, 1.807) is 13.1 Å². The number of carboxylic acids is 1. The van der Waals surface area contributed by atoms with Crippen molar-refractivity contribution < 1.29 is 24.2 Å². The standard InChI is InChI=1S/C25H26N4O5/c1-25(2,23(31)32)28-22(30)21(20-12-13-26-29(20)3)27-24(33)34-14-19-17-10-6-4-8-15(17)16-9-5-7-11-18(16)19/h4-13,19,21H,14H2,1-3H3,(H,27,33)(H,28,30)(H,31,32). The molecule has 0 saturated carbocycles. The molecule has 3 N–H and O–H groups in total. The number of benzene rings is 2. The molecule has 1 aliphatic carbocycles. The van der Waals surface area contributed by atoms with Crippen LogP contribution in [-0.4, -0.2) is 45.0 Å². The quantitative estimate of drug-likeness (QED) is 0.496. The zero-order chi connectivity index (χ0) is 24.5. The third-order valence-electron chi connectivity index (χ3n) is 5.99. The minimum absolute atomic E-state index is 0.0835. The summed E-state index contributed by atoms with van der Waals surface area (Å²) in [7, 11) is 1.62. The van der Waals surface area contributed by atoms with Crippen molar-refractivity contribution in [2.75, 3.05) is 6.61 Å². The van der Waals surface area contributed by atoms with Gasteiger partial charge in [-0.05, 0) is 42.2 Å². The average Bonchev–Trinajstić information content (AvgIpc) is 3.36. The zero-order valence-corrected chi connectivity index (χ0v) is 19.1. The van der Waals surface area contributed by atoms with Crippen LogP contribution in [0.15, 0.2) is 60.8 Å². The lowest BCUT2D eigenvalue weighted by atomic mass is 9.98. The number of aliphatic carboxylic acids is 1. The van der Waals surface area contributed by atoms with E-state index in [9.17, 15) is 19.5 Å². The molecule has 2 amide bonds. The molecule has 0 saturated heterocycles. The van der Waals surface area contributed by atoms with E-state index in [-0.39, 0.29) is 12.5 Å². The Hall–Kier alpha value is -4.14.